The van der Waals surface area contributed by atoms with Gasteiger partial charge in [0.15, 0.2) is 0 Å². The summed E-state index contributed by atoms with van der Waals surface area (Å²) in [4.78, 5) is 47.9. The summed E-state index contributed by atoms with van der Waals surface area (Å²) in [6, 6.07) is 13.6. The van der Waals surface area contributed by atoms with Crippen molar-refractivity contribution in [3.05, 3.63) is 65.7 Å². The molecule has 0 saturated heterocycles. The van der Waals surface area contributed by atoms with Crippen molar-refractivity contribution in [1.29, 1.82) is 0 Å². The van der Waals surface area contributed by atoms with Gasteiger partial charge in [0.1, 0.15) is 6.61 Å². The van der Waals surface area contributed by atoms with Gasteiger partial charge >= 0.3 is 5.97 Å². The van der Waals surface area contributed by atoms with Gasteiger partial charge < -0.3 is 10.1 Å². The number of imide groups is 1. The van der Waals surface area contributed by atoms with Gasteiger partial charge in [0.2, 0.25) is 5.91 Å². The number of carbonyl (C=O) groups is 4. The summed E-state index contributed by atoms with van der Waals surface area (Å²) in [5, 5.41) is 13.3. The fourth-order valence-electron chi connectivity index (χ4n) is 3.89. The first kappa shape index (κ1) is 26.1. The minimum atomic E-state index is -0.406. The Labute approximate surface area is 205 Å². The van der Waals surface area contributed by atoms with Gasteiger partial charge in [-0.1, -0.05) is 35.4 Å². The van der Waals surface area contributed by atoms with Crippen molar-refractivity contribution < 1.29 is 38.5 Å². The topological polar surface area (TPSA) is 131 Å². The van der Waals surface area contributed by atoms with E-state index in [0.29, 0.717) is 5.69 Å². The number of anilines is 1. The predicted molar refractivity (Wildman–Crippen MR) is 128 cm³/mol. The molecule has 11 heteroatoms. The minimum absolute atomic E-state index is 0.00729. The van der Waals surface area contributed by atoms with Crippen LogP contribution < -0.4 is 5.32 Å². The second kappa shape index (κ2) is 12.3. The molecule has 1 unspecified atom stereocenters. The second-order valence-corrected chi connectivity index (χ2v) is 7.98. The number of fused-ring (bicyclic) bond motifs is 3. The zero-order chi connectivity index (χ0) is 25.4. The summed E-state index contributed by atoms with van der Waals surface area (Å²) < 4.78 is 9.08. The van der Waals surface area contributed by atoms with Crippen molar-refractivity contribution in [3.63, 3.8) is 0 Å². The Hall–Kier alpha value is -3.51. The summed E-state index contributed by atoms with van der Waals surface area (Å²) in [5.41, 5.74) is 4.79. The summed E-state index contributed by atoms with van der Waals surface area (Å²) in [7, 11) is 0. The first-order valence-corrected chi connectivity index (χ1v) is 11.7. The molecule has 0 fully saturated rings. The van der Waals surface area contributed by atoms with Gasteiger partial charge in [-0.05, 0) is 34.4 Å². The average Bonchev–Trinajstić information content (AvgIpc) is 3.33. The van der Waals surface area contributed by atoms with E-state index < -0.39 is 11.8 Å². The van der Waals surface area contributed by atoms with Crippen LogP contribution in [0.1, 0.15) is 30.4 Å². The molecule has 0 radical (unpaired) electrons. The van der Waals surface area contributed by atoms with Crippen molar-refractivity contribution in [2.45, 2.75) is 19.3 Å². The molecule has 10 nitrogen and oxygen atoms in total. The van der Waals surface area contributed by atoms with Gasteiger partial charge in [0, 0.05) is 61.9 Å². The van der Waals surface area contributed by atoms with Crippen LogP contribution in [-0.2, 0) is 33.3 Å². The van der Waals surface area contributed by atoms with Gasteiger partial charge in [-0.2, -0.15) is 0 Å². The second-order valence-electron chi connectivity index (χ2n) is 7.51. The third-order valence-corrected chi connectivity index (χ3v) is 5.55. The average molecular weight is 501 g/mol. The Kier molecular flexibility index (Phi) is 9.15. The molecule has 2 aromatic carbocycles. The van der Waals surface area contributed by atoms with Crippen LogP contribution in [-0.4, -0.2) is 53.3 Å². The zero-order valence-electron chi connectivity index (χ0n) is 19.1. The number of ether oxygens (including phenoxy) is 1. The Morgan fingerprint density at radius 2 is 1.74 bits per heavy atom. The van der Waals surface area contributed by atoms with E-state index in [4.69, 9.17) is 9.99 Å². The lowest BCUT2D eigenvalue weighted by molar-refractivity contribution is -0.432. The van der Waals surface area contributed by atoms with Crippen LogP contribution in [0.4, 0.5) is 5.69 Å². The molecule has 1 heterocycles. The molecule has 0 spiro atoms. The molecule has 1 aliphatic carbocycles. The van der Waals surface area contributed by atoms with Gasteiger partial charge in [0.05, 0.1) is 0 Å². The third-order valence-electron chi connectivity index (χ3n) is 5.35. The van der Waals surface area contributed by atoms with Crippen LogP contribution in [0.3, 0.4) is 0 Å². The maximum Gasteiger partial charge on any atom is 0.302 e. The number of hydrogen-bond donors (Lipinski definition) is 2. The molecule has 2 N–H and O–H groups in total. The lowest BCUT2D eigenvalue weighted by Gasteiger charge is -2.15. The van der Waals surface area contributed by atoms with Crippen LogP contribution in [0, 0.1) is 0 Å². The molecular weight excluding hydrogens is 476 g/mol. The first-order valence-electron chi connectivity index (χ1n) is 10.6. The van der Waals surface area contributed by atoms with E-state index in [1.807, 2.05) is 42.5 Å². The summed E-state index contributed by atoms with van der Waals surface area (Å²) in [5.74, 6) is -1.56. The first-order chi connectivity index (χ1) is 16.8. The smallest absolute Gasteiger partial charge is 0.302 e. The van der Waals surface area contributed by atoms with Crippen LogP contribution in [0.15, 0.2) is 54.6 Å². The van der Waals surface area contributed by atoms with E-state index in [-0.39, 0.29) is 37.4 Å². The fraction of sp³-hybridized carbons (Fsp3) is 0.250. The Bertz CT molecular complexity index is 1130. The van der Waals surface area contributed by atoms with Gasteiger partial charge in [-0.3, -0.25) is 24.1 Å². The van der Waals surface area contributed by atoms with E-state index in [2.05, 4.69) is 14.7 Å². The fourth-order valence-corrected chi connectivity index (χ4v) is 3.95. The van der Waals surface area contributed by atoms with E-state index in [9.17, 15) is 19.2 Å². The maximum absolute atomic E-state index is 12.3. The van der Waals surface area contributed by atoms with Crippen molar-refractivity contribution in [2.75, 3.05) is 24.7 Å². The number of carbonyl (C=O) groups excluding carboxylic acids is 4. The number of nitrogens with one attached hydrogen (secondary N) is 1. The minimum Gasteiger partial charge on any atom is -0.465 e. The highest BCUT2D eigenvalue weighted by Gasteiger charge is 2.30. The van der Waals surface area contributed by atoms with Gasteiger partial charge in [-0.25, -0.2) is 5.26 Å². The van der Waals surface area contributed by atoms with Crippen LogP contribution >= 0.6 is 12.0 Å². The Balaban J connectivity index is 0.000000623. The number of nitrogens with zero attached hydrogens (tertiary/aromatic N) is 1. The SMILES string of the molecule is CC(=O)OCC1c2ccccc2-c2ccc(NC(=O)CCN3C(=O)C=CC3=O)cc21.CSOOO. The Morgan fingerprint density at radius 3 is 2.37 bits per heavy atom. The lowest BCUT2D eigenvalue weighted by atomic mass is 9.97. The Morgan fingerprint density at radius 1 is 1.06 bits per heavy atom. The zero-order valence-corrected chi connectivity index (χ0v) is 19.9. The van der Waals surface area contributed by atoms with Gasteiger partial charge in [0.25, 0.3) is 11.8 Å². The third kappa shape index (κ3) is 6.55. The van der Waals surface area contributed by atoms with Crippen molar-refractivity contribution in [2.24, 2.45) is 0 Å². The normalized spacial score (nSPS) is 15.3. The summed E-state index contributed by atoms with van der Waals surface area (Å²) >= 11 is 0.929. The molecular formula is C24H24N2O8S. The van der Waals surface area contributed by atoms with Crippen LogP contribution in [0.25, 0.3) is 11.1 Å². The van der Waals surface area contributed by atoms with E-state index in [0.717, 1.165) is 39.2 Å². The number of amides is 3. The molecule has 2 aliphatic rings. The number of esters is 1. The quantitative estimate of drug-likeness (QED) is 0.184. The van der Waals surface area contributed by atoms with Crippen molar-refractivity contribution in [3.8, 4) is 11.1 Å². The van der Waals surface area contributed by atoms with Crippen molar-refractivity contribution >= 4 is 41.4 Å². The molecule has 4 rings (SSSR count). The maximum atomic E-state index is 12.3. The lowest BCUT2D eigenvalue weighted by Crippen LogP contribution is -2.33. The van der Waals surface area contributed by atoms with Crippen LogP contribution in [0.5, 0.6) is 0 Å². The number of hydrogen-bond acceptors (Lipinski definition) is 9. The standard InChI is InChI=1S/C23H20N2O5.CH4O3S/c1-14(26)30-13-20-17-5-3-2-4-16(17)18-7-6-15(12-19(18)20)24-21(27)10-11-25-22(28)8-9-23(25)29;1-5-4-3-2/h2-9,12,20H,10-11,13H2,1H3,(H,24,27);2H,1H3. The molecule has 0 bridgehead atoms. The molecule has 1 atom stereocenters. The summed E-state index contributed by atoms with van der Waals surface area (Å²) in [6.07, 6.45) is 4.02. The molecule has 3 amide bonds. The molecule has 184 valence electrons. The van der Waals surface area contributed by atoms with Crippen LogP contribution in [0.2, 0.25) is 0 Å². The number of rotatable bonds is 8. The number of benzene rings is 2. The molecule has 0 aromatic heterocycles. The highest BCUT2D eigenvalue weighted by molar-refractivity contribution is 7.93. The molecule has 1 aliphatic heterocycles. The molecule has 0 saturated carbocycles. The predicted octanol–water partition coefficient (Wildman–Crippen LogP) is 3.30. The molecule has 2 aromatic rings. The summed E-state index contributed by atoms with van der Waals surface area (Å²) in [6.45, 7) is 1.63. The molecule has 35 heavy (non-hydrogen) atoms. The van der Waals surface area contributed by atoms with E-state index >= 15 is 0 Å². The highest BCUT2D eigenvalue weighted by atomic mass is 32.2. The van der Waals surface area contributed by atoms with E-state index in [1.54, 1.807) is 6.26 Å². The highest BCUT2D eigenvalue weighted by Crippen LogP contribution is 2.45. The van der Waals surface area contributed by atoms with Gasteiger partial charge in [-0.15, -0.1) is 4.33 Å². The largest absolute Gasteiger partial charge is 0.465 e. The monoisotopic (exact) mass is 500 g/mol. The van der Waals surface area contributed by atoms with E-state index in [1.165, 1.54) is 19.1 Å². The van der Waals surface area contributed by atoms with Crippen molar-refractivity contribution in [1.82, 2.24) is 4.90 Å².